The Morgan fingerprint density at radius 1 is 0.867 bits per heavy atom. The van der Waals surface area contributed by atoms with Gasteiger partial charge in [0.15, 0.2) is 6.10 Å². The molecule has 1 saturated carbocycles. The number of carbonyl (C=O) groups is 2. The Morgan fingerprint density at radius 2 is 1.56 bits per heavy atom. The first kappa shape index (κ1) is 38.6. The highest BCUT2D eigenvalue weighted by molar-refractivity contribution is 5.70. The molecule has 0 heterocycles. The maximum Gasteiger partial charge on any atom is 0.306 e. The third kappa shape index (κ3) is 17.1. The predicted octanol–water partition coefficient (Wildman–Crippen LogP) is 2.49. The largest absolute Gasteiger partial charge is 0.462 e. The Bertz CT molecular complexity index is 982. The minimum absolute atomic E-state index is 0.0718. The van der Waals surface area contributed by atoms with Gasteiger partial charge in [-0.3, -0.25) is 35.3 Å². The summed E-state index contributed by atoms with van der Waals surface area (Å²) in [4.78, 5) is 32.9. The number of aliphatic hydroxyl groups is 3. The lowest BCUT2D eigenvalue weighted by molar-refractivity contribution is -0.495. The molecule has 0 spiro atoms. The standard InChI is InChI=1S/C30H48N2O13/c33-23(15-14-22-9-4-3-5-10-22)16-17-26-25(27(34)19-28(26)35)11-6-1-2-7-12-29(36)42-20-24(21-44-32(40)41)45-30(37)13-8-18-43-31(38)39/h1,3-6,9-10,23-28,33-35,38-41H,2,7-8,11-21H2/b6-1-/t23-,24?,25+,26+,27-,28+/m0/s1. The van der Waals surface area contributed by atoms with Crippen LogP contribution >= 0.6 is 0 Å². The van der Waals surface area contributed by atoms with Crippen LogP contribution in [0.2, 0.25) is 0 Å². The van der Waals surface area contributed by atoms with Crippen molar-refractivity contribution in [3.05, 3.63) is 48.0 Å². The Hall–Kier alpha value is -2.54. The summed E-state index contributed by atoms with van der Waals surface area (Å²) in [5.41, 5.74) is 1.17. The number of ether oxygens (including phenoxy) is 2. The van der Waals surface area contributed by atoms with E-state index in [2.05, 4.69) is 9.68 Å². The number of hydrogen-bond acceptors (Lipinski definition) is 15. The molecule has 1 fully saturated rings. The smallest absolute Gasteiger partial charge is 0.306 e. The molecule has 1 aliphatic rings. The number of aliphatic hydroxyl groups excluding tert-OH is 3. The van der Waals surface area contributed by atoms with E-state index in [4.69, 9.17) is 30.3 Å². The van der Waals surface area contributed by atoms with Gasteiger partial charge in [0, 0.05) is 12.8 Å². The molecule has 7 N–H and O–H groups in total. The third-order valence-corrected chi connectivity index (χ3v) is 7.63. The first-order valence-corrected chi connectivity index (χ1v) is 15.2. The minimum atomic E-state index is -1.14. The summed E-state index contributed by atoms with van der Waals surface area (Å²) in [7, 11) is 0. The van der Waals surface area contributed by atoms with Gasteiger partial charge in [-0.1, -0.05) is 42.5 Å². The number of carbonyl (C=O) groups excluding carboxylic acids is 2. The lowest BCUT2D eigenvalue weighted by Gasteiger charge is -2.23. The summed E-state index contributed by atoms with van der Waals surface area (Å²) in [6.45, 7) is -1.09. The zero-order chi connectivity index (χ0) is 33.0. The van der Waals surface area contributed by atoms with Crippen molar-refractivity contribution in [2.24, 2.45) is 11.8 Å². The van der Waals surface area contributed by atoms with Crippen LogP contribution < -0.4 is 0 Å². The molecule has 1 aromatic carbocycles. The van der Waals surface area contributed by atoms with E-state index in [1.54, 1.807) is 0 Å². The van der Waals surface area contributed by atoms with Gasteiger partial charge in [-0.25, -0.2) is 4.84 Å². The van der Waals surface area contributed by atoms with Crippen molar-refractivity contribution in [2.75, 3.05) is 19.8 Å². The topological polar surface area (TPSA) is 219 Å². The van der Waals surface area contributed by atoms with Crippen molar-refractivity contribution in [1.82, 2.24) is 10.8 Å². The summed E-state index contributed by atoms with van der Waals surface area (Å²) in [5, 5.41) is 64.9. The fourth-order valence-corrected chi connectivity index (χ4v) is 5.28. The van der Waals surface area contributed by atoms with Crippen molar-refractivity contribution in [3.8, 4) is 0 Å². The van der Waals surface area contributed by atoms with Crippen molar-refractivity contribution < 1.29 is 64.9 Å². The van der Waals surface area contributed by atoms with E-state index in [-0.39, 0.29) is 37.7 Å². The first-order chi connectivity index (χ1) is 21.5. The molecule has 256 valence electrons. The number of benzene rings is 1. The Kier molecular flexibility index (Phi) is 18.9. The van der Waals surface area contributed by atoms with Gasteiger partial charge in [-0.2, -0.15) is 0 Å². The maximum atomic E-state index is 12.2. The second kappa shape index (κ2) is 22.1. The molecule has 1 unspecified atom stereocenters. The number of allylic oxidation sites excluding steroid dienone is 2. The predicted molar refractivity (Wildman–Crippen MR) is 154 cm³/mol. The van der Waals surface area contributed by atoms with Crippen molar-refractivity contribution in [3.63, 3.8) is 0 Å². The molecule has 0 amide bonds. The van der Waals surface area contributed by atoms with Crippen LogP contribution in [0.3, 0.4) is 0 Å². The van der Waals surface area contributed by atoms with E-state index < -0.39 is 60.3 Å². The van der Waals surface area contributed by atoms with Gasteiger partial charge >= 0.3 is 11.9 Å². The number of esters is 2. The fourth-order valence-electron chi connectivity index (χ4n) is 5.28. The highest BCUT2D eigenvalue weighted by atomic mass is 17.1. The van der Waals surface area contributed by atoms with Gasteiger partial charge in [0.1, 0.15) is 13.2 Å². The Balaban J connectivity index is 1.67. The number of unbranched alkanes of at least 4 members (excludes halogenated alkanes) is 1. The highest BCUT2D eigenvalue weighted by Crippen LogP contribution is 2.38. The minimum Gasteiger partial charge on any atom is -0.462 e. The van der Waals surface area contributed by atoms with E-state index in [1.807, 2.05) is 42.5 Å². The highest BCUT2D eigenvalue weighted by Gasteiger charge is 2.40. The van der Waals surface area contributed by atoms with Crippen LogP contribution in [0.1, 0.15) is 69.8 Å². The molecule has 1 aliphatic carbocycles. The van der Waals surface area contributed by atoms with E-state index in [0.29, 0.717) is 44.9 Å². The molecule has 0 aliphatic heterocycles. The summed E-state index contributed by atoms with van der Waals surface area (Å²) in [5.74, 6) is -1.53. The molecular formula is C30H48N2O13. The van der Waals surface area contributed by atoms with E-state index >= 15 is 0 Å². The van der Waals surface area contributed by atoms with E-state index in [0.717, 1.165) is 6.42 Å². The third-order valence-electron chi connectivity index (χ3n) is 7.63. The molecule has 15 heteroatoms. The molecule has 0 radical (unpaired) electrons. The second-order valence-corrected chi connectivity index (χ2v) is 11.1. The molecule has 2 rings (SSSR count). The molecule has 15 nitrogen and oxygen atoms in total. The number of rotatable bonds is 23. The van der Waals surface area contributed by atoms with Gasteiger partial charge in [-0.05, 0) is 75.2 Å². The van der Waals surface area contributed by atoms with Gasteiger partial charge in [0.2, 0.25) is 0 Å². The van der Waals surface area contributed by atoms with Gasteiger partial charge in [-0.15, -0.1) is 0 Å². The van der Waals surface area contributed by atoms with E-state index in [9.17, 15) is 24.9 Å². The summed E-state index contributed by atoms with van der Waals surface area (Å²) < 4.78 is 10.2. The van der Waals surface area contributed by atoms with Crippen LogP contribution in [0.4, 0.5) is 0 Å². The molecule has 6 atom stereocenters. The average molecular weight is 645 g/mol. The maximum absolute atomic E-state index is 12.2. The van der Waals surface area contributed by atoms with Crippen molar-refractivity contribution >= 4 is 11.9 Å². The summed E-state index contributed by atoms with van der Waals surface area (Å²) in [6, 6.07) is 9.95. The Morgan fingerprint density at radius 3 is 2.27 bits per heavy atom. The monoisotopic (exact) mass is 644 g/mol. The van der Waals surface area contributed by atoms with Crippen LogP contribution in [-0.2, 0) is 35.2 Å². The lowest BCUT2D eigenvalue weighted by atomic mass is 9.85. The summed E-state index contributed by atoms with van der Waals surface area (Å²) in [6.07, 6.45) is 5.47. The molecule has 0 bridgehead atoms. The van der Waals surface area contributed by atoms with Crippen LogP contribution in [0.25, 0.3) is 0 Å². The Labute approximate surface area is 262 Å². The van der Waals surface area contributed by atoms with Crippen LogP contribution in [-0.4, -0.2) is 103 Å². The number of nitrogens with zero attached hydrogens (tertiary/aromatic N) is 2. The number of aryl methyl sites for hydroxylation is 1. The zero-order valence-electron chi connectivity index (χ0n) is 25.4. The van der Waals surface area contributed by atoms with Crippen molar-refractivity contribution in [2.45, 2.75) is 95.0 Å². The average Bonchev–Trinajstić information content (AvgIpc) is 3.27. The van der Waals surface area contributed by atoms with Crippen molar-refractivity contribution in [1.29, 1.82) is 0 Å². The zero-order valence-corrected chi connectivity index (χ0v) is 25.4. The second-order valence-electron chi connectivity index (χ2n) is 11.1. The number of hydrogen-bond donors (Lipinski definition) is 7. The molecule has 1 aromatic rings. The quantitative estimate of drug-likeness (QED) is 0.0394. The molecule has 0 aromatic heterocycles. The first-order valence-electron chi connectivity index (χ1n) is 15.2. The van der Waals surface area contributed by atoms with Gasteiger partial charge in [0.05, 0.1) is 35.7 Å². The molecular weight excluding hydrogens is 596 g/mol. The fraction of sp³-hybridized carbons (Fsp3) is 0.667. The van der Waals surface area contributed by atoms with Crippen LogP contribution in [0, 0.1) is 11.8 Å². The van der Waals surface area contributed by atoms with Gasteiger partial charge < -0.3 is 24.8 Å². The normalized spacial score (nSPS) is 21.4. The van der Waals surface area contributed by atoms with Crippen LogP contribution in [0.5, 0.6) is 0 Å². The van der Waals surface area contributed by atoms with Gasteiger partial charge in [0.25, 0.3) is 0 Å². The molecule has 0 saturated heterocycles. The SMILES string of the molecule is O=C(CCC/C=C\C[C@@H]1[C@@H](CC[C@@H](O)CCc2ccccc2)[C@H](O)C[C@@H]1O)OCC(CON(O)O)OC(=O)CCCON(O)O. The lowest BCUT2D eigenvalue weighted by Crippen LogP contribution is -2.32. The van der Waals surface area contributed by atoms with Crippen LogP contribution in [0.15, 0.2) is 42.5 Å². The van der Waals surface area contributed by atoms with E-state index in [1.165, 1.54) is 5.56 Å². The summed E-state index contributed by atoms with van der Waals surface area (Å²) >= 11 is 0. The molecule has 45 heavy (non-hydrogen) atoms.